The Kier molecular flexibility index (Phi) is 6.16. The average molecular weight is 602 g/mol. The Morgan fingerprint density at radius 2 is 1.06 bits per heavy atom. The molecule has 3 nitrogen and oxygen atoms in total. The number of benzene rings is 6. The Morgan fingerprint density at radius 1 is 0.426 bits per heavy atom. The van der Waals surface area contributed by atoms with Gasteiger partial charge >= 0.3 is 0 Å². The van der Waals surface area contributed by atoms with Crippen molar-refractivity contribution in [3.05, 3.63) is 163 Å². The number of rotatable bonds is 4. The summed E-state index contributed by atoms with van der Waals surface area (Å²) in [5, 5.41) is 4.97. The fraction of sp³-hybridized carbons (Fsp3) is 0.0682. The highest BCUT2D eigenvalue weighted by atomic mass is 14.9. The first-order valence-electron chi connectivity index (χ1n) is 16.1. The van der Waals surface area contributed by atoms with Gasteiger partial charge in [0.25, 0.3) is 0 Å². The second-order valence-electron chi connectivity index (χ2n) is 12.9. The maximum Gasteiger partial charge on any atom is 0.161 e. The van der Waals surface area contributed by atoms with Gasteiger partial charge < -0.3 is 0 Å². The lowest BCUT2D eigenvalue weighted by Crippen LogP contribution is -2.14. The van der Waals surface area contributed by atoms with Gasteiger partial charge in [-0.05, 0) is 91.3 Å². The minimum Gasteiger partial charge on any atom is -0.265 e. The van der Waals surface area contributed by atoms with E-state index in [9.17, 15) is 0 Å². The van der Waals surface area contributed by atoms with E-state index in [1.807, 2.05) is 30.6 Å². The second-order valence-corrected chi connectivity index (χ2v) is 12.9. The first-order chi connectivity index (χ1) is 23.0. The quantitative estimate of drug-likeness (QED) is 0.188. The normalized spacial score (nSPS) is 13.1. The van der Waals surface area contributed by atoms with Crippen molar-refractivity contribution in [2.45, 2.75) is 19.3 Å². The molecule has 2 heterocycles. The lowest BCUT2D eigenvalue weighted by Gasteiger charge is -2.22. The van der Waals surface area contributed by atoms with E-state index in [1.54, 1.807) is 0 Å². The fourth-order valence-electron chi connectivity index (χ4n) is 7.34. The summed E-state index contributed by atoms with van der Waals surface area (Å²) in [4.78, 5) is 14.6. The molecule has 1 aliphatic carbocycles. The Hall–Kier alpha value is -5.93. The summed E-state index contributed by atoms with van der Waals surface area (Å²) < 4.78 is 0. The summed E-state index contributed by atoms with van der Waals surface area (Å²) in [6.07, 6.45) is 3.65. The standard InChI is InChI=1S/C44H31N3/c1-44(2)39-15-9-8-13-34(39)38-24-31-18-16-28-17-19-32(25-36(28)37(31)26-40(38)44)42-27-41(30-10-4-3-5-11-30)46-43(47-42)35-14-7-6-12-33(35)29-20-22-45-23-21-29/h3-27H,1-2H3. The Morgan fingerprint density at radius 3 is 1.87 bits per heavy atom. The van der Waals surface area contributed by atoms with Gasteiger partial charge in [0.05, 0.1) is 11.4 Å². The van der Waals surface area contributed by atoms with Crippen LogP contribution in [0, 0.1) is 0 Å². The van der Waals surface area contributed by atoms with E-state index in [0.717, 1.165) is 39.2 Å². The number of hydrogen-bond donors (Lipinski definition) is 0. The van der Waals surface area contributed by atoms with Gasteiger partial charge in [0, 0.05) is 34.5 Å². The molecule has 47 heavy (non-hydrogen) atoms. The maximum atomic E-state index is 5.25. The van der Waals surface area contributed by atoms with E-state index in [0.29, 0.717) is 5.82 Å². The summed E-state index contributed by atoms with van der Waals surface area (Å²) in [6, 6.07) is 49.8. The van der Waals surface area contributed by atoms with Crippen LogP contribution in [0.2, 0.25) is 0 Å². The topological polar surface area (TPSA) is 38.7 Å². The average Bonchev–Trinajstić information content (AvgIpc) is 3.36. The van der Waals surface area contributed by atoms with Gasteiger partial charge in [-0.1, -0.05) is 117 Å². The van der Waals surface area contributed by atoms with Crippen LogP contribution in [0.5, 0.6) is 0 Å². The van der Waals surface area contributed by atoms with Crippen LogP contribution >= 0.6 is 0 Å². The number of aromatic nitrogens is 3. The number of fused-ring (bicyclic) bond motifs is 6. The van der Waals surface area contributed by atoms with Gasteiger partial charge in [-0.3, -0.25) is 4.98 Å². The molecule has 0 spiro atoms. The van der Waals surface area contributed by atoms with Crippen LogP contribution in [0.4, 0.5) is 0 Å². The van der Waals surface area contributed by atoms with Crippen molar-refractivity contribution in [3.63, 3.8) is 0 Å². The fourth-order valence-corrected chi connectivity index (χ4v) is 7.34. The van der Waals surface area contributed by atoms with Crippen LogP contribution in [-0.4, -0.2) is 15.0 Å². The molecule has 0 radical (unpaired) electrons. The highest BCUT2D eigenvalue weighted by molar-refractivity contribution is 6.11. The summed E-state index contributed by atoms with van der Waals surface area (Å²) >= 11 is 0. The molecule has 0 unspecified atom stereocenters. The maximum absolute atomic E-state index is 5.25. The molecule has 0 bridgehead atoms. The van der Waals surface area contributed by atoms with Crippen molar-refractivity contribution in [2.24, 2.45) is 0 Å². The molecule has 0 N–H and O–H groups in total. The highest BCUT2D eigenvalue weighted by Gasteiger charge is 2.35. The predicted molar refractivity (Wildman–Crippen MR) is 194 cm³/mol. The van der Waals surface area contributed by atoms with Crippen molar-refractivity contribution in [1.29, 1.82) is 0 Å². The van der Waals surface area contributed by atoms with Crippen molar-refractivity contribution >= 4 is 21.5 Å². The van der Waals surface area contributed by atoms with Crippen molar-refractivity contribution in [2.75, 3.05) is 0 Å². The zero-order valence-corrected chi connectivity index (χ0v) is 26.3. The first-order valence-corrected chi connectivity index (χ1v) is 16.1. The van der Waals surface area contributed by atoms with Gasteiger partial charge in [0.15, 0.2) is 5.82 Å². The monoisotopic (exact) mass is 601 g/mol. The molecule has 0 fully saturated rings. The van der Waals surface area contributed by atoms with E-state index in [2.05, 4.69) is 140 Å². The lowest BCUT2D eigenvalue weighted by atomic mass is 9.81. The van der Waals surface area contributed by atoms with Gasteiger partial charge in [0.2, 0.25) is 0 Å². The Bertz CT molecular complexity index is 2480. The molecule has 0 aliphatic heterocycles. The Labute approximate surface area is 274 Å². The molecule has 222 valence electrons. The van der Waals surface area contributed by atoms with Gasteiger partial charge in [0.1, 0.15) is 0 Å². The number of nitrogens with zero attached hydrogens (tertiary/aromatic N) is 3. The van der Waals surface area contributed by atoms with Gasteiger partial charge in [-0.15, -0.1) is 0 Å². The van der Waals surface area contributed by atoms with Crippen LogP contribution < -0.4 is 0 Å². The molecular formula is C44H31N3. The zero-order valence-electron chi connectivity index (χ0n) is 26.3. The predicted octanol–water partition coefficient (Wildman–Crippen LogP) is 11.2. The van der Waals surface area contributed by atoms with Gasteiger partial charge in [-0.2, -0.15) is 0 Å². The summed E-state index contributed by atoms with van der Waals surface area (Å²) in [7, 11) is 0. The molecule has 0 saturated heterocycles. The minimum atomic E-state index is -0.0613. The second kappa shape index (κ2) is 10.6. The summed E-state index contributed by atoms with van der Waals surface area (Å²) in [5.41, 5.74) is 12.5. The van der Waals surface area contributed by atoms with E-state index in [-0.39, 0.29) is 5.41 Å². The SMILES string of the molecule is CC1(C)c2ccccc2-c2cc3ccc4ccc(-c5cc(-c6ccccc6)nc(-c6ccccc6-c6ccncc6)n5)cc4c3cc21. The molecule has 1 aliphatic rings. The van der Waals surface area contributed by atoms with Crippen molar-refractivity contribution in [3.8, 4) is 56.2 Å². The van der Waals surface area contributed by atoms with Gasteiger partial charge in [-0.25, -0.2) is 9.97 Å². The highest BCUT2D eigenvalue weighted by Crippen LogP contribution is 2.50. The third-order valence-corrected chi connectivity index (χ3v) is 9.79. The van der Waals surface area contributed by atoms with Crippen LogP contribution in [0.15, 0.2) is 152 Å². The van der Waals surface area contributed by atoms with E-state index in [4.69, 9.17) is 9.97 Å². The molecule has 0 saturated carbocycles. The first kappa shape index (κ1) is 27.4. The van der Waals surface area contributed by atoms with Crippen LogP contribution in [0.1, 0.15) is 25.0 Å². The molecule has 8 aromatic rings. The van der Waals surface area contributed by atoms with E-state index < -0.39 is 0 Å². The van der Waals surface area contributed by atoms with E-state index in [1.165, 1.54) is 43.8 Å². The Balaban J connectivity index is 1.26. The number of hydrogen-bond acceptors (Lipinski definition) is 3. The molecule has 0 atom stereocenters. The summed E-state index contributed by atoms with van der Waals surface area (Å²) in [5.74, 6) is 0.698. The number of pyridine rings is 1. The van der Waals surface area contributed by atoms with Crippen LogP contribution in [-0.2, 0) is 5.41 Å². The molecular weight excluding hydrogens is 571 g/mol. The van der Waals surface area contributed by atoms with Crippen molar-refractivity contribution < 1.29 is 0 Å². The van der Waals surface area contributed by atoms with E-state index >= 15 is 0 Å². The summed E-state index contributed by atoms with van der Waals surface area (Å²) in [6.45, 7) is 4.69. The minimum absolute atomic E-state index is 0.0613. The molecule has 6 aromatic carbocycles. The molecule has 2 aromatic heterocycles. The largest absolute Gasteiger partial charge is 0.265 e. The van der Waals surface area contributed by atoms with Crippen LogP contribution in [0.3, 0.4) is 0 Å². The molecule has 3 heteroatoms. The third kappa shape index (κ3) is 4.46. The van der Waals surface area contributed by atoms with Crippen molar-refractivity contribution in [1.82, 2.24) is 15.0 Å². The zero-order chi connectivity index (χ0) is 31.5. The van der Waals surface area contributed by atoms with Crippen LogP contribution in [0.25, 0.3) is 77.7 Å². The third-order valence-electron chi connectivity index (χ3n) is 9.79. The molecule has 9 rings (SSSR count). The smallest absolute Gasteiger partial charge is 0.161 e. The lowest BCUT2D eigenvalue weighted by molar-refractivity contribution is 0.661. The molecule has 0 amide bonds.